The molecule has 0 saturated carbocycles. The monoisotopic (exact) mass is 355 g/mol. The third kappa shape index (κ3) is 6.08. The molecule has 3 nitrogen and oxygen atoms in total. The summed E-state index contributed by atoms with van der Waals surface area (Å²) in [6, 6.07) is 7.86. The van der Waals surface area contributed by atoms with Crippen molar-refractivity contribution >= 4 is 27.6 Å². The third-order valence-corrected chi connectivity index (χ3v) is 3.99. The largest absolute Gasteiger partial charge is 0.464 e. The molecule has 1 unspecified atom stereocenters. The zero-order valence-electron chi connectivity index (χ0n) is 13.2. The lowest BCUT2D eigenvalue weighted by Gasteiger charge is -2.29. The fraction of sp³-hybridized carbons (Fsp3) is 0.588. The molecule has 0 amide bonds. The van der Waals surface area contributed by atoms with Gasteiger partial charge in [0.05, 0.1) is 6.61 Å². The molecule has 1 atom stereocenters. The maximum Gasteiger partial charge on any atom is 0.331 e. The molecule has 4 heteroatoms. The van der Waals surface area contributed by atoms with Crippen LogP contribution in [0.5, 0.6) is 0 Å². The van der Waals surface area contributed by atoms with Crippen molar-refractivity contribution in [1.82, 2.24) is 0 Å². The molecule has 1 aromatic carbocycles. The standard InChI is InChI=1S/C17H26BrNO2/c1-4-6-7-8-12-17(3,16(20)21-5-2)19-15-11-9-10-14(18)13-15/h9-11,13,19H,4-8,12H2,1-3H3. The molecular formula is C17H26BrNO2. The summed E-state index contributed by atoms with van der Waals surface area (Å²) in [6.45, 7) is 6.36. The number of hydrogen-bond acceptors (Lipinski definition) is 3. The second kappa shape index (κ2) is 9.08. The number of rotatable bonds is 9. The molecule has 0 bridgehead atoms. The lowest BCUT2D eigenvalue weighted by Crippen LogP contribution is -2.44. The third-order valence-electron chi connectivity index (χ3n) is 3.50. The van der Waals surface area contributed by atoms with Crippen LogP contribution in [-0.2, 0) is 9.53 Å². The number of hydrogen-bond donors (Lipinski definition) is 1. The molecule has 21 heavy (non-hydrogen) atoms. The van der Waals surface area contributed by atoms with E-state index in [0.29, 0.717) is 6.61 Å². The Morgan fingerprint density at radius 3 is 2.67 bits per heavy atom. The molecule has 1 rings (SSSR count). The Morgan fingerprint density at radius 1 is 1.29 bits per heavy atom. The zero-order chi connectivity index (χ0) is 15.7. The van der Waals surface area contributed by atoms with E-state index in [4.69, 9.17) is 4.74 Å². The lowest BCUT2D eigenvalue weighted by atomic mass is 9.93. The fourth-order valence-corrected chi connectivity index (χ4v) is 2.70. The van der Waals surface area contributed by atoms with Gasteiger partial charge in [0.1, 0.15) is 5.54 Å². The van der Waals surface area contributed by atoms with Crippen molar-refractivity contribution in [1.29, 1.82) is 0 Å². The highest BCUT2D eigenvalue weighted by atomic mass is 79.9. The molecule has 0 radical (unpaired) electrons. The molecule has 118 valence electrons. The Labute approximate surface area is 136 Å². The van der Waals surface area contributed by atoms with Crippen LogP contribution in [0.3, 0.4) is 0 Å². The number of benzene rings is 1. The summed E-state index contributed by atoms with van der Waals surface area (Å²) in [5.41, 5.74) is 0.250. The molecule has 0 aliphatic heterocycles. The highest BCUT2D eigenvalue weighted by Gasteiger charge is 2.34. The van der Waals surface area contributed by atoms with Crippen LogP contribution < -0.4 is 5.32 Å². The molecule has 1 aromatic rings. The fourth-order valence-electron chi connectivity index (χ4n) is 2.30. The molecule has 0 aliphatic carbocycles. The van der Waals surface area contributed by atoms with Gasteiger partial charge in [0, 0.05) is 10.2 Å². The van der Waals surface area contributed by atoms with Crippen LogP contribution >= 0.6 is 15.9 Å². The first kappa shape index (κ1) is 18.0. The van der Waals surface area contributed by atoms with Gasteiger partial charge in [-0.05, 0) is 38.5 Å². The topological polar surface area (TPSA) is 38.3 Å². The van der Waals surface area contributed by atoms with Crippen LogP contribution in [-0.4, -0.2) is 18.1 Å². The van der Waals surface area contributed by atoms with Crippen molar-refractivity contribution < 1.29 is 9.53 Å². The smallest absolute Gasteiger partial charge is 0.331 e. The molecule has 0 spiro atoms. The number of carbonyl (C=O) groups excluding carboxylic acids is 1. The minimum absolute atomic E-state index is 0.179. The SMILES string of the molecule is CCCCCCC(C)(Nc1cccc(Br)c1)C(=O)OCC. The van der Waals surface area contributed by atoms with Gasteiger partial charge >= 0.3 is 5.97 Å². The predicted octanol–water partition coefficient (Wildman–Crippen LogP) is 5.15. The highest BCUT2D eigenvalue weighted by Crippen LogP contribution is 2.25. The van der Waals surface area contributed by atoms with Gasteiger partial charge in [-0.2, -0.15) is 0 Å². The van der Waals surface area contributed by atoms with Gasteiger partial charge < -0.3 is 10.1 Å². The first-order valence-electron chi connectivity index (χ1n) is 7.73. The van der Waals surface area contributed by atoms with E-state index < -0.39 is 5.54 Å². The molecular weight excluding hydrogens is 330 g/mol. The van der Waals surface area contributed by atoms with Gasteiger partial charge in [0.15, 0.2) is 0 Å². The quantitative estimate of drug-likeness (QED) is 0.491. The van der Waals surface area contributed by atoms with Gasteiger partial charge in [-0.25, -0.2) is 4.79 Å². The lowest BCUT2D eigenvalue weighted by molar-refractivity contribution is -0.148. The summed E-state index contributed by atoms with van der Waals surface area (Å²) in [6.07, 6.45) is 5.33. The first-order valence-corrected chi connectivity index (χ1v) is 8.52. The number of esters is 1. The van der Waals surface area contributed by atoms with E-state index in [0.717, 1.165) is 29.4 Å². The van der Waals surface area contributed by atoms with Crippen molar-refractivity contribution in [3.63, 3.8) is 0 Å². The van der Waals surface area contributed by atoms with E-state index in [1.165, 1.54) is 12.8 Å². The molecule has 0 aliphatic rings. The van der Waals surface area contributed by atoms with E-state index in [1.807, 2.05) is 38.1 Å². The van der Waals surface area contributed by atoms with Gasteiger partial charge in [0.25, 0.3) is 0 Å². The normalized spacial score (nSPS) is 13.5. The van der Waals surface area contributed by atoms with Crippen LogP contribution in [0.1, 0.15) is 52.9 Å². The maximum atomic E-state index is 12.3. The van der Waals surface area contributed by atoms with E-state index in [-0.39, 0.29) is 5.97 Å². The van der Waals surface area contributed by atoms with Crippen LogP contribution in [0.2, 0.25) is 0 Å². The minimum Gasteiger partial charge on any atom is -0.464 e. The average molecular weight is 356 g/mol. The van der Waals surface area contributed by atoms with Gasteiger partial charge in [0.2, 0.25) is 0 Å². The Hall–Kier alpha value is -1.03. The molecule has 1 N–H and O–H groups in total. The van der Waals surface area contributed by atoms with E-state index >= 15 is 0 Å². The summed E-state index contributed by atoms with van der Waals surface area (Å²) < 4.78 is 6.24. The second-order valence-corrected chi connectivity index (χ2v) is 6.41. The molecule has 0 aromatic heterocycles. The van der Waals surface area contributed by atoms with Crippen molar-refractivity contribution in [2.75, 3.05) is 11.9 Å². The Bertz CT molecular complexity index is 450. The average Bonchev–Trinajstić information content (AvgIpc) is 2.44. The van der Waals surface area contributed by atoms with Crippen molar-refractivity contribution in [3.8, 4) is 0 Å². The van der Waals surface area contributed by atoms with E-state index in [1.54, 1.807) is 0 Å². The van der Waals surface area contributed by atoms with Crippen LogP contribution in [0.15, 0.2) is 28.7 Å². The van der Waals surface area contributed by atoms with Gasteiger partial charge in [-0.15, -0.1) is 0 Å². The van der Waals surface area contributed by atoms with Crippen molar-refractivity contribution in [2.24, 2.45) is 0 Å². The van der Waals surface area contributed by atoms with Crippen molar-refractivity contribution in [2.45, 2.75) is 58.4 Å². The van der Waals surface area contributed by atoms with E-state index in [2.05, 4.69) is 28.2 Å². The second-order valence-electron chi connectivity index (χ2n) is 5.50. The Morgan fingerprint density at radius 2 is 2.05 bits per heavy atom. The van der Waals surface area contributed by atoms with Crippen LogP contribution in [0, 0.1) is 0 Å². The number of unbranched alkanes of at least 4 members (excludes halogenated alkanes) is 3. The number of halogens is 1. The summed E-state index contributed by atoms with van der Waals surface area (Å²) >= 11 is 3.45. The maximum absolute atomic E-state index is 12.3. The number of ether oxygens (including phenoxy) is 1. The highest BCUT2D eigenvalue weighted by molar-refractivity contribution is 9.10. The zero-order valence-corrected chi connectivity index (χ0v) is 14.8. The van der Waals surface area contributed by atoms with Crippen LogP contribution in [0.4, 0.5) is 5.69 Å². The number of nitrogens with one attached hydrogen (secondary N) is 1. The number of carbonyl (C=O) groups is 1. The summed E-state index contributed by atoms with van der Waals surface area (Å²) in [5.74, 6) is -0.179. The Balaban J connectivity index is 2.77. The minimum atomic E-state index is -0.676. The van der Waals surface area contributed by atoms with E-state index in [9.17, 15) is 4.79 Å². The Kier molecular flexibility index (Phi) is 7.79. The van der Waals surface area contributed by atoms with Crippen molar-refractivity contribution in [3.05, 3.63) is 28.7 Å². The van der Waals surface area contributed by atoms with Crippen LogP contribution in [0.25, 0.3) is 0 Å². The predicted molar refractivity (Wildman–Crippen MR) is 91.6 cm³/mol. The summed E-state index contributed by atoms with van der Waals surface area (Å²) in [7, 11) is 0. The molecule has 0 heterocycles. The molecule has 0 saturated heterocycles. The summed E-state index contributed by atoms with van der Waals surface area (Å²) in [4.78, 5) is 12.3. The first-order chi connectivity index (χ1) is 10.0. The number of anilines is 1. The van der Waals surface area contributed by atoms with Gasteiger partial charge in [-0.1, -0.05) is 54.6 Å². The van der Waals surface area contributed by atoms with Gasteiger partial charge in [-0.3, -0.25) is 0 Å². The summed E-state index contributed by atoms with van der Waals surface area (Å²) in [5, 5.41) is 3.35. The molecule has 0 fully saturated rings.